The molecule has 2 aromatic carbocycles. The van der Waals surface area contributed by atoms with E-state index in [1.54, 1.807) is 7.11 Å². The van der Waals surface area contributed by atoms with E-state index in [1.807, 2.05) is 6.07 Å². The number of rotatable bonds is 5. The molecule has 2 saturated carbocycles. The van der Waals surface area contributed by atoms with Gasteiger partial charge in [0.2, 0.25) is 0 Å². The van der Waals surface area contributed by atoms with Crippen molar-refractivity contribution in [2.75, 3.05) is 7.11 Å². The fourth-order valence-corrected chi connectivity index (χ4v) is 10.6. The van der Waals surface area contributed by atoms with Crippen LogP contribution in [-0.2, 0) is 15.6 Å². The number of methoxy groups -OCH3 is 1. The quantitative estimate of drug-likeness (QED) is 0.352. The van der Waals surface area contributed by atoms with E-state index in [0.29, 0.717) is 18.1 Å². The number of aliphatic hydroxyl groups is 1. The van der Waals surface area contributed by atoms with Gasteiger partial charge < -0.3 is 19.7 Å². The Bertz CT molecular complexity index is 1500. The van der Waals surface area contributed by atoms with Gasteiger partial charge in [0, 0.05) is 18.4 Å². The molecular weight excluding hydrogens is 556 g/mol. The van der Waals surface area contributed by atoms with Gasteiger partial charge in [-0.15, -0.1) is 0 Å². The minimum atomic E-state index is -0.452. The molecule has 4 aliphatic carbocycles. The molecule has 2 fully saturated rings. The zero-order valence-corrected chi connectivity index (χ0v) is 29.8. The number of hydrogen-bond donors (Lipinski definition) is 2. The van der Waals surface area contributed by atoms with Crippen LogP contribution in [0, 0.1) is 22.7 Å². The largest absolute Gasteiger partial charge is 0.508 e. The lowest BCUT2D eigenvalue weighted by molar-refractivity contribution is -0.151. The van der Waals surface area contributed by atoms with Crippen molar-refractivity contribution in [1.29, 1.82) is 0 Å². The summed E-state index contributed by atoms with van der Waals surface area (Å²) in [6, 6.07) is 8.97. The van der Waals surface area contributed by atoms with Crippen LogP contribution >= 0.6 is 0 Å². The molecule has 45 heavy (non-hydrogen) atoms. The van der Waals surface area contributed by atoms with Gasteiger partial charge in [0.05, 0.1) is 6.10 Å². The van der Waals surface area contributed by atoms with Crippen LogP contribution in [0.15, 0.2) is 30.3 Å². The highest BCUT2D eigenvalue weighted by molar-refractivity contribution is 5.65. The van der Waals surface area contributed by atoms with Gasteiger partial charge in [0.25, 0.3) is 0 Å². The van der Waals surface area contributed by atoms with E-state index in [-0.39, 0.29) is 46.2 Å². The summed E-state index contributed by atoms with van der Waals surface area (Å²) in [5, 5.41) is 22.7. The minimum Gasteiger partial charge on any atom is -0.508 e. The van der Waals surface area contributed by atoms with E-state index in [2.05, 4.69) is 99.6 Å². The van der Waals surface area contributed by atoms with Gasteiger partial charge in [-0.05, 0) is 117 Å². The molecule has 0 aliphatic heterocycles. The molecule has 0 saturated heterocycles. The van der Waals surface area contributed by atoms with E-state index in [1.165, 1.54) is 36.0 Å². The zero-order chi connectivity index (χ0) is 32.9. The van der Waals surface area contributed by atoms with Crippen LogP contribution in [0.5, 0.6) is 11.5 Å². The topological polar surface area (TPSA) is 58.9 Å². The maximum absolute atomic E-state index is 11.5. The summed E-state index contributed by atoms with van der Waals surface area (Å²) in [4.78, 5) is 0. The van der Waals surface area contributed by atoms with E-state index in [0.717, 1.165) is 28.9 Å². The third kappa shape index (κ3) is 4.83. The predicted molar refractivity (Wildman–Crippen MR) is 184 cm³/mol. The molecule has 2 N–H and O–H groups in total. The third-order valence-electron chi connectivity index (χ3n) is 13.1. The molecule has 246 valence electrons. The zero-order valence-electron chi connectivity index (χ0n) is 29.8. The van der Waals surface area contributed by atoms with Gasteiger partial charge in [-0.25, -0.2) is 0 Å². The van der Waals surface area contributed by atoms with Crippen LogP contribution in [0.25, 0.3) is 6.08 Å². The number of hydrogen-bond acceptors (Lipinski definition) is 4. The Hall–Kier alpha value is -2.30. The van der Waals surface area contributed by atoms with Gasteiger partial charge in [0.1, 0.15) is 23.7 Å². The first-order valence-electron chi connectivity index (χ1n) is 17.6. The Labute approximate surface area is 272 Å². The Balaban J connectivity index is 1.55. The lowest BCUT2D eigenvalue weighted by Gasteiger charge is -2.60. The van der Waals surface area contributed by atoms with Gasteiger partial charge in [-0.1, -0.05) is 87.8 Å². The number of phenolic OH excluding ortho intramolecular Hbond substituents is 1. The van der Waals surface area contributed by atoms with E-state index in [4.69, 9.17) is 9.47 Å². The molecule has 0 bridgehead atoms. The highest BCUT2D eigenvalue weighted by atomic mass is 16.5. The summed E-state index contributed by atoms with van der Waals surface area (Å²) >= 11 is 0. The van der Waals surface area contributed by atoms with Crippen LogP contribution < -0.4 is 4.74 Å². The van der Waals surface area contributed by atoms with Crippen molar-refractivity contribution >= 4 is 6.08 Å². The third-order valence-corrected chi connectivity index (χ3v) is 13.1. The van der Waals surface area contributed by atoms with Crippen LogP contribution in [0.4, 0.5) is 0 Å². The molecule has 4 nitrogen and oxygen atoms in total. The van der Waals surface area contributed by atoms with Gasteiger partial charge in [-0.3, -0.25) is 0 Å². The second-order valence-electron chi connectivity index (χ2n) is 17.4. The summed E-state index contributed by atoms with van der Waals surface area (Å²) in [5.74, 6) is 2.21. The van der Waals surface area contributed by atoms with Crippen molar-refractivity contribution in [1.82, 2.24) is 0 Å². The van der Waals surface area contributed by atoms with Crippen molar-refractivity contribution < 1.29 is 19.7 Å². The van der Waals surface area contributed by atoms with Crippen molar-refractivity contribution in [2.24, 2.45) is 22.7 Å². The van der Waals surface area contributed by atoms with Gasteiger partial charge in [0.15, 0.2) is 0 Å². The second kappa shape index (κ2) is 10.9. The average Bonchev–Trinajstić information content (AvgIpc) is 2.94. The summed E-state index contributed by atoms with van der Waals surface area (Å²) in [6.45, 7) is 22.9. The number of aliphatic hydroxyl groups excluding tert-OH is 1. The summed E-state index contributed by atoms with van der Waals surface area (Å²) in [6.07, 6.45) is 8.96. The number of aromatic hydroxyl groups is 1. The first-order chi connectivity index (χ1) is 21.0. The number of allylic oxidation sites excluding steroid dienone is 1. The van der Waals surface area contributed by atoms with Crippen LogP contribution in [0.2, 0.25) is 0 Å². The van der Waals surface area contributed by atoms with E-state index < -0.39 is 11.5 Å². The lowest BCUT2D eigenvalue weighted by atomic mass is 9.48. The van der Waals surface area contributed by atoms with E-state index >= 15 is 0 Å². The van der Waals surface area contributed by atoms with Crippen molar-refractivity contribution in [3.63, 3.8) is 0 Å². The fourth-order valence-electron chi connectivity index (χ4n) is 10.6. The molecule has 7 atom stereocenters. The highest BCUT2D eigenvalue weighted by Crippen LogP contribution is 2.62. The average molecular weight is 615 g/mol. The van der Waals surface area contributed by atoms with Gasteiger partial charge >= 0.3 is 0 Å². The summed E-state index contributed by atoms with van der Waals surface area (Å²) in [7, 11) is 1.79. The molecule has 0 aromatic heterocycles. The molecule has 6 rings (SSSR count). The Morgan fingerprint density at radius 1 is 0.822 bits per heavy atom. The van der Waals surface area contributed by atoms with Crippen LogP contribution in [-0.4, -0.2) is 29.5 Å². The molecule has 4 aliphatic rings. The number of fused-ring (bicyclic) bond motifs is 6. The smallest absolute Gasteiger partial charge is 0.133 e. The SMILES string of the molecule is CO[C@@H]1c2cc(C(C)C)c(O)cc2[C@@]2(C)CC[C@H](O)C(C)(C)C2[C@H]1Oc1cc2c(cc1C(C)C)C=CC1C(C)(C)CCC[C@]21C. The minimum absolute atomic E-state index is 0.0385. The lowest BCUT2D eigenvalue weighted by Crippen LogP contribution is -2.61. The second-order valence-corrected chi connectivity index (χ2v) is 17.4. The molecular formula is C41H58O4. The Morgan fingerprint density at radius 2 is 1.51 bits per heavy atom. The number of ether oxygens (including phenoxy) is 2. The molecule has 0 spiro atoms. The Morgan fingerprint density at radius 3 is 2.16 bits per heavy atom. The number of phenols is 1. The molecule has 2 aromatic rings. The van der Waals surface area contributed by atoms with Crippen LogP contribution in [0.3, 0.4) is 0 Å². The van der Waals surface area contributed by atoms with Gasteiger partial charge in [-0.2, -0.15) is 0 Å². The molecule has 4 heteroatoms. The summed E-state index contributed by atoms with van der Waals surface area (Å²) in [5.41, 5.74) is 6.72. The standard InChI is InChI=1S/C41H58O4/c1-23(2)26-20-28-30(21-31(26)42)41(10)18-15-34(43)39(7,8)37(41)36(35(28)44-11)45-32-22-29-25(19-27(32)24(3)4)13-14-33-38(5,6)16-12-17-40(29,33)9/h13-14,19-24,33-37,42-43H,12,15-18H2,1-11H3/t33?,34-,35+,36-,37?,40+,41+/m0/s1. The maximum Gasteiger partial charge on any atom is 0.133 e. The van der Waals surface area contributed by atoms with Crippen molar-refractivity contribution in [2.45, 2.75) is 142 Å². The normalized spacial score (nSPS) is 34.6. The van der Waals surface area contributed by atoms with Crippen molar-refractivity contribution in [3.05, 3.63) is 63.7 Å². The van der Waals surface area contributed by atoms with Crippen molar-refractivity contribution in [3.8, 4) is 11.5 Å². The fraction of sp³-hybridized carbons (Fsp3) is 0.659. The molecule has 0 amide bonds. The monoisotopic (exact) mass is 614 g/mol. The Kier molecular flexibility index (Phi) is 7.89. The first-order valence-corrected chi connectivity index (χ1v) is 17.6. The number of benzene rings is 2. The molecule has 0 heterocycles. The maximum atomic E-state index is 11.5. The predicted octanol–water partition coefficient (Wildman–Crippen LogP) is 9.95. The van der Waals surface area contributed by atoms with Crippen LogP contribution in [0.1, 0.15) is 153 Å². The van der Waals surface area contributed by atoms with E-state index in [9.17, 15) is 10.2 Å². The highest BCUT2D eigenvalue weighted by Gasteiger charge is 2.61. The molecule has 0 radical (unpaired) electrons. The summed E-state index contributed by atoms with van der Waals surface area (Å²) < 4.78 is 13.9. The molecule has 2 unspecified atom stereocenters. The first kappa shape index (κ1) is 32.6.